The van der Waals surface area contributed by atoms with E-state index in [-0.39, 0.29) is 17.8 Å². The van der Waals surface area contributed by atoms with Crippen molar-refractivity contribution in [2.24, 2.45) is 5.73 Å². The number of esters is 1. The lowest BCUT2D eigenvalue weighted by Crippen LogP contribution is -2.40. The Bertz CT molecular complexity index is 578. The fourth-order valence-electron chi connectivity index (χ4n) is 1.77. The van der Waals surface area contributed by atoms with Gasteiger partial charge in [0.1, 0.15) is 12.1 Å². The van der Waals surface area contributed by atoms with Gasteiger partial charge in [-0.3, -0.25) is 14.5 Å². The van der Waals surface area contributed by atoms with Crippen molar-refractivity contribution in [3.05, 3.63) is 29.8 Å². The molecule has 0 aliphatic heterocycles. The second-order valence-corrected chi connectivity index (χ2v) is 5.60. The standard InChI is InChI=1S/C15H20N2O5/c1-15(2,3)22-14(21)10-6-4-5-7-11(10)17(9-13(19)20)12(18)8-16/h4-7H,8-9,16H2,1-3H3,(H,19,20). The van der Waals surface area contributed by atoms with Crippen LogP contribution in [0.1, 0.15) is 31.1 Å². The Kier molecular flexibility index (Phi) is 5.64. The van der Waals surface area contributed by atoms with Crippen LogP contribution in [-0.4, -0.2) is 41.6 Å². The monoisotopic (exact) mass is 308 g/mol. The maximum absolute atomic E-state index is 12.2. The Balaban J connectivity index is 3.24. The highest BCUT2D eigenvalue weighted by atomic mass is 16.6. The van der Waals surface area contributed by atoms with Crippen molar-refractivity contribution in [2.75, 3.05) is 18.0 Å². The summed E-state index contributed by atoms with van der Waals surface area (Å²) in [5.74, 6) is -2.44. The highest BCUT2D eigenvalue weighted by Gasteiger charge is 2.25. The molecule has 1 rings (SSSR count). The second-order valence-electron chi connectivity index (χ2n) is 5.60. The Hall–Kier alpha value is -2.41. The Labute approximate surface area is 128 Å². The summed E-state index contributed by atoms with van der Waals surface area (Å²) in [6.07, 6.45) is 0. The van der Waals surface area contributed by atoms with E-state index in [0.29, 0.717) is 0 Å². The SMILES string of the molecule is CC(C)(C)OC(=O)c1ccccc1N(CC(=O)O)C(=O)CN. The number of carbonyl (C=O) groups is 3. The molecule has 7 nitrogen and oxygen atoms in total. The largest absolute Gasteiger partial charge is 0.480 e. The minimum absolute atomic E-state index is 0.112. The lowest BCUT2D eigenvalue weighted by Gasteiger charge is -2.24. The summed E-state index contributed by atoms with van der Waals surface area (Å²) in [5.41, 5.74) is 4.88. The summed E-state index contributed by atoms with van der Waals surface area (Å²) in [4.78, 5) is 36.1. The molecule has 7 heteroatoms. The number of benzene rings is 1. The van der Waals surface area contributed by atoms with Crippen LogP contribution in [0.15, 0.2) is 24.3 Å². The second kappa shape index (κ2) is 7.04. The smallest absolute Gasteiger partial charge is 0.340 e. The molecule has 1 amide bonds. The molecule has 0 bridgehead atoms. The van der Waals surface area contributed by atoms with Crippen molar-refractivity contribution in [3.63, 3.8) is 0 Å². The van der Waals surface area contributed by atoms with Gasteiger partial charge in [0.25, 0.3) is 0 Å². The Morgan fingerprint density at radius 3 is 2.32 bits per heavy atom. The quantitative estimate of drug-likeness (QED) is 0.786. The van der Waals surface area contributed by atoms with Crippen LogP contribution in [0, 0.1) is 0 Å². The van der Waals surface area contributed by atoms with E-state index in [1.165, 1.54) is 12.1 Å². The highest BCUT2D eigenvalue weighted by Crippen LogP contribution is 2.23. The van der Waals surface area contributed by atoms with E-state index in [1.54, 1.807) is 32.9 Å². The number of hydrogen-bond donors (Lipinski definition) is 2. The number of carbonyl (C=O) groups excluding carboxylic acids is 2. The van der Waals surface area contributed by atoms with Crippen molar-refractivity contribution in [1.29, 1.82) is 0 Å². The zero-order valence-corrected chi connectivity index (χ0v) is 12.8. The van der Waals surface area contributed by atoms with E-state index >= 15 is 0 Å². The van der Waals surface area contributed by atoms with Crippen LogP contribution >= 0.6 is 0 Å². The maximum atomic E-state index is 12.2. The number of nitrogens with two attached hydrogens (primary N) is 1. The van der Waals surface area contributed by atoms with E-state index < -0.39 is 30.0 Å². The fraction of sp³-hybridized carbons (Fsp3) is 0.400. The Morgan fingerprint density at radius 2 is 1.82 bits per heavy atom. The van der Waals surface area contributed by atoms with Crippen molar-refractivity contribution in [3.8, 4) is 0 Å². The molecule has 22 heavy (non-hydrogen) atoms. The van der Waals surface area contributed by atoms with Crippen LogP contribution in [0.4, 0.5) is 5.69 Å². The molecule has 0 unspecified atom stereocenters. The Morgan fingerprint density at radius 1 is 1.23 bits per heavy atom. The van der Waals surface area contributed by atoms with Crippen LogP contribution in [-0.2, 0) is 14.3 Å². The number of anilines is 1. The third-order valence-corrected chi connectivity index (χ3v) is 2.58. The molecule has 0 saturated carbocycles. The van der Waals surface area contributed by atoms with Gasteiger partial charge in [-0.25, -0.2) is 4.79 Å². The molecule has 0 saturated heterocycles. The molecule has 3 N–H and O–H groups in total. The van der Waals surface area contributed by atoms with Gasteiger partial charge in [0.05, 0.1) is 17.8 Å². The summed E-state index contributed by atoms with van der Waals surface area (Å²) in [5, 5.41) is 8.95. The van der Waals surface area contributed by atoms with Gasteiger partial charge in [0.15, 0.2) is 0 Å². The van der Waals surface area contributed by atoms with Crippen LogP contribution in [0.25, 0.3) is 0 Å². The fourth-order valence-corrected chi connectivity index (χ4v) is 1.77. The van der Waals surface area contributed by atoms with Gasteiger partial charge in [-0.15, -0.1) is 0 Å². The molecule has 0 fully saturated rings. The molecule has 0 radical (unpaired) electrons. The number of nitrogens with zero attached hydrogens (tertiary/aromatic N) is 1. The average Bonchev–Trinajstić information content (AvgIpc) is 2.42. The van der Waals surface area contributed by atoms with Crippen molar-refractivity contribution in [1.82, 2.24) is 0 Å². The lowest BCUT2D eigenvalue weighted by molar-refractivity contribution is -0.136. The maximum Gasteiger partial charge on any atom is 0.340 e. The summed E-state index contributed by atoms with van der Waals surface area (Å²) in [6.45, 7) is 4.19. The van der Waals surface area contributed by atoms with E-state index in [0.717, 1.165) is 4.90 Å². The van der Waals surface area contributed by atoms with Crippen molar-refractivity contribution >= 4 is 23.5 Å². The van der Waals surface area contributed by atoms with Crippen LogP contribution in [0.3, 0.4) is 0 Å². The van der Waals surface area contributed by atoms with E-state index in [1.807, 2.05) is 0 Å². The van der Waals surface area contributed by atoms with Crippen molar-refractivity contribution < 1.29 is 24.2 Å². The van der Waals surface area contributed by atoms with Gasteiger partial charge < -0.3 is 15.6 Å². The minimum atomic E-state index is -1.21. The molecule has 1 aromatic carbocycles. The molecule has 0 spiro atoms. The molecule has 0 aromatic heterocycles. The van der Waals surface area contributed by atoms with Crippen molar-refractivity contribution in [2.45, 2.75) is 26.4 Å². The molecule has 1 aromatic rings. The van der Waals surface area contributed by atoms with Gasteiger partial charge in [0, 0.05) is 0 Å². The number of carboxylic acids is 1. The summed E-state index contributed by atoms with van der Waals surface area (Å²) >= 11 is 0. The van der Waals surface area contributed by atoms with E-state index in [2.05, 4.69) is 0 Å². The normalized spacial score (nSPS) is 10.9. The molecule has 0 aliphatic carbocycles. The average molecular weight is 308 g/mol. The predicted molar refractivity (Wildman–Crippen MR) is 80.7 cm³/mol. The number of amides is 1. The number of rotatable bonds is 5. The minimum Gasteiger partial charge on any atom is -0.480 e. The highest BCUT2D eigenvalue weighted by molar-refractivity contribution is 6.05. The number of para-hydroxylation sites is 1. The predicted octanol–water partition coefficient (Wildman–Crippen LogP) is 1.02. The third kappa shape index (κ3) is 4.85. The summed E-state index contributed by atoms with van der Waals surface area (Å²) < 4.78 is 5.28. The summed E-state index contributed by atoms with van der Waals surface area (Å²) in [6, 6.07) is 6.16. The third-order valence-electron chi connectivity index (χ3n) is 2.58. The van der Waals surface area contributed by atoms with Crippen LogP contribution < -0.4 is 10.6 Å². The first-order chi connectivity index (χ1) is 10.2. The molecule has 0 atom stereocenters. The molecule has 0 aliphatic rings. The number of ether oxygens (including phenoxy) is 1. The number of hydrogen-bond acceptors (Lipinski definition) is 5. The number of aliphatic carboxylic acids is 1. The van der Waals surface area contributed by atoms with Gasteiger partial charge in [-0.05, 0) is 32.9 Å². The van der Waals surface area contributed by atoms with Gasteiger partial charge in [-0.2, -0.15) is 0 Å². The first-order valence-corrected chi connectivity index (χ1v) is 6.70. The first kappa shape index (κ1) is 17.6. The molecular weight excluding hydrogens is 288 g/mol. The van der Waals surface area contributed by atoms with Gasteiger partial charge in [0.2, 0.25) is 5.91 Å². The molecular formula is C15H20N2O5. The summed E-state index contributed by atoms with van der Waals surface area (Å²) in [7, 11) is 0. The zero-order chi connectivity index (χ0) is 16.9. The lowest BCUT2D eigenvalue weighted by atomic mass is 10.1. The van der Waals surface area contributed by atoms with E-state index in [9.17, 15) is 14.4 Å². The number of carboxylic acid groups (broad SMARTS) is 1. The topological polar surface area (TPSA) is 110 Å². The zero-order valence-electron chi connectivity index (χ0n) is 12.8. The van der Waals surface area contributed by atoms with Crippen LogP contribution in [0.2, 0.25) is 0 Å². The van der Waals surface area contributed by atoms with Gasteiger partial charge in [-0.1, -0.05) is 12.1 Å². The van der Waals surface area contributed by atoms with Gasteiger partial charge >= 0.3 is 11.9 Å². The van der Waals surface area contributed by atoms with E-state index in [4.69, 9.17) is 15.6 Å². The molecule has 0 heterocycles. The first-order valence-electron chi connectivity index (χ1n) is 6.70. The molecule has 120 valence electrons. The van der Waals surface area contributed by atoms with Crippen LogP contribution in [0.5, 0.6) is 0 Å².